The van der Waals surface area contributed by atoms with Crippen LogP contribution in [0.3, 0.4) is 0 Å². The molecular formula is C15H14FN5O2. The second-order valence-electron chi connectivity index (χ2n) is 6.07. The summed E-state index contributed by atoms with van der Waals surface area (Å²) in [5.41, 5.74) is 1.79. The second kappa shape index (κ2) is 4.37. The van der Waals surface area contributed by atoms with Crippen molar-refractivity contribution in [2.24, 2.45) is 7.05 Å². The summed E-state index contributed by atoms with van der Waals surface area (Å²) < 4.78 is 16.7. The minimum absolute atomic E-state index is 0.347. The average molecular weight is 315 g/mol. The normalized spacial score (nSPS) is 23.3. The molecule has 0 saturated carbocycles. The monoisotopic (exact) mass is 315 g/mol. The maximum atomic E-state index is 13.6. The highest BCUT2D eigenvalue weighted by atomic mass is 19.1. The van der Waals surface area contributed by atoms with Crippen LogP contribution in [0.25, 0.3) is 5.65 Å². The number of nitrogens with zero attached hydrogens (tertiary/aromatic N) is 5. The van der Waals surface area contributed by atoms with Crippen LogP contribution in [-0.2, 0) is 17.3 Å². The van der Waals surface area contributed by atoms with Crippen molar-refractivity contribution in [2.45, 2.75) is 24.7 Å². The molecule has 0 radical (unpaired) electrons. The van der Waals surface area contributed by atoms with Crippen molar-refractivity contribution in [2.75, 3.05) is 0 Å². The Morgan fingerprint density at radius 3 is 2.96 bits per heavy atom. The van der Waals surface area contributed by atoms with Gasteiger partial charge in [-0.1, -0.05) is 0 Å². The van der Waals surface area contributed by atoms with Crippen molar-refractivity contribution in [3.63, 3.8) is 0 Å². The summed E-state index contributed by atoms with van der Waals surface area (Å²) in [7, 11) is 1.80. The molecule has 0 aliphatic heterocycles. The average Bonchev–Trinajstić information content (AvgIpc) is 3.14. The number of carboxylic acids is 1. The van der Waals surface area contributed by atoms with Gasteiger partial charge in [-0.3, -0.25) is 9.48 Å². The molecule has 0 fully saturated rings. The Bertz CT molecular complexity index is 947. The van der Waals surface area contributed by atoms with Crippen LogP contribution in [0, 0.1) is 5.95 Å². The predicted octanol–water partition coefficient (Wildman–Crippen LogP) is 1.48. The SMILES string of the molecule is Cn1nccc1C1(C)CC(C(=O)O)c2cnc3cc(F)nn3c21. The Labute approximate surface area is 130 Å². The molecule has 0 spiro atoms. The van der Waals surface area contributed by atoms with Gasteiger partial charge in [-0.15, -0.1) is 5.10 Å². The lowest BCUT2D eigenvalue weighted by Gasteiger charge is -2.26. The number of carboxylic acid groups (broad SMARTS) is 1. The minimum atomic E-state index is -0.925. The third-order valence-electron chi connectivity index (χ3n) is 4.68. The third-order valence-corrected chi connectivity index (χ3v) is 4.68. The smallest absolute Gasteiger partial charge is 0.311 e. The van der Waals surface area contributed by atoms with Crippen molar-refractivity contribution in [1.29, 1.82) is 0 Å². The molecule has 2 atom stereocenters. The van der Waals surface area contributed by atoms with E-state index in [1.54, 1.807) is 17.9 Å². The second-order valence-corrected chi connectivity index (χ2v) is 6.07. The van der Waals surface area contributed by atoms with Gasteiger partial charge >= 0.3 is 5.97 Å². The van der Waals surface area contributed by atoms with E-state index in [1.807, 2.05) is 13.0 Å². The first-order chi connectivity index (χ1) is 10.9. The first-order valence-electron chi connectivity index (χ1n) is 7.18. The van der Waals surface area contributed by atoms with E-state index < -0.39 is 23.2 Å². The summed E-state index contributed by atoms with van der Waals surface area (Å²) in [5, 5.41) is 17.6. The van der Waals surface area contributed by atoms with Crippen LogP contribution in [0.4, 0.5) is 4.39 Å². The zero-order valence-corrected chi connectivity index (χ0v) is 12.6. The van der Waals surface area contributed by atoms with Crippen LogP contribution in [0.1, 0.15) is 36.2 Å². The molecule has 8 heteroatoms. The Balaban J connectivity index is 2.08. The first-order valence-corrected chi connectivity index (χ1v) is 7.18. The number of fused-ring (bicyclic) bond motifs is 3. The van der Waals surface area contributed by atoms with Crippen LogP contribution in [0.2, 0.25) is 0 Å². The fourth-order valence-electron chi connectivity index (χ4n) is 3.70. The van der Waals surface area contributed by atoms with E-state index in [9.17, 15) is 14.3 Å². The van der Waals surface area contributed by atoms with E-state index in [1.165, 1.54) is 16.8 Å². The van der Waals surface area contributed by atoms with E-state index in [4.69, 9.17) is 0 Å². The lowest BCUT2D eigenvalue weighted by Crippen LogP contribution is -2.27. The fraction of sp³-hybridized carbons (Fsp3) is 0.333. The van der Waals surface area contributed by atoms with Gasteiger partial charge < -0.3 is 5.11 Å². The van der Waals surface area contributed by atoms with Gasteiger partial charge in [0.15, 0.2) is 5.65 Å². The zero-order chi connectivity index (χ0) is 16.4. The summed E-state index contributed by atoms with van der Waals surface area (Å²) >= 11 is 0. The fourth-order valence-corrected chi connectivity index (χ4v) is 3.70. The molecule has 0 aromatic carbocycles. The number of carbonyl (C=O) groups is 1. The van der Waals surface area contributed by atoms with Crippen LogP contribution in [0.5, 0.6) is 0 Å². The molecule has 118 valence electrons. The predicted molar refractivity (Wildman–Crippen MR) is 77.6 cm³/mol. The first kappa shape index (κ1) is 13.9. The molecule has 0 saturated heterocycles. The Kier molecular flexibility index (Phi) is 2.64. The van der Waals surface area contributed by atoms with Crippen molar-refractivity contribution in [3.8, 4) is 0 Å². The quantitative estimate of drug-likeness (QED) is 0.774. The molecule has 1 N–H and O–H groups in total. The molecule has 3 aromatic heterocycles. The third kappa shape index (κ3) is 1.74. The van der Waals surface area contributed by atoms with E-state index in [-0.39, 0.29) is 0 Å². The van der Waals surface area contributed by atoms with Crippen LogP contribution < -0.4 is 0 Å². The van der Waals surface area contributed by atoms with E-state index >= 15 is 0 Å². The molecule has 1 aliphatic rings. The summed E-state index contributed by atoms with van der Waals surface area (Å²) in [4.78, 5) is 15.8. The lowest BCUT2D eigenvalue weighted by molar-refractivity contribution is -0.138. The number of rotatable bonds is 2. The maximum Gasteiger partial charge on any atom is 0.311 e. The Morgan fingerprint density at radius 1 is 1.52 bits per heavy atom. The Hall–Kier alpha value is -2.77. The largest absolute Gasteiger partial charge is 0.481 e. The molecule has 3 heterocycles. The number of hydrogen-bond donors (Lipinski definition) is 1. The van der Waals surface area contributed by atoms with Gasteiger partial charge in [0.1, 0.15) is 0 Å². The molecule has 2 unspecified atom stereocenters. The zero-order valence-electron chi connectivity index (χ0n) is 12.6. The van der Waals surface area contributed by atoms with E-state index in [0.717, 1.165) is 5.69 Å². The van der Waals surface area contributed by atoms with Crippen molar-refractivity contribution in [3.05, 3.63) is 47.4 Å². The number of hydrogen-bond acceptors (Lipinski definition) is 4. The highest BCUT2D eigenvalue weighted by Crippen LogP contribution is 2.49. The van der Waals surface area contributed by atoms with Gasteiger partial charge in [-0.25, -0.2) is 9.50 Å². The number of halogens is 1. The van der Waals surface area contributed by atoms with Gasteiger partial charge in [0.05, 0.1) is 17.0 Å². The molecule has 4 rings (SSSR count). The van der Waals surface area contributed by atoms with Crippen LogP contribution in [-0.4, -0.2) is 35.5 Å². The molecule has 0 bridgehead atoms. The van der Waals surface area contributed by atoms with Crippen molar-refractivity contribution in [1.82, 2.24) is 24.4 Å². The molecule has 0 amide bonds. The topological polar surface area (TPSA) is 85.3 Å². The summed E-state index contributed by atoms with van der Waals surface area (Å²) in [6.45, 7) is 1.94. The number of aryl methyl sites for hydroxylation is 1. The maximum absolute atomic E-state index is 13.6. The van der Waals surface area contributed by atoms with Crippen molar-refractivity contribution < 1.29 is 14.3 Å². The van der Waals surface area contributed by atoms with Crippen LogP contribution in [0.15, 0.2) is 24.5 Å². The number of aliphatic carboxylic acids is 1. The van der Waals surface area contributed by atoms with Crippen LogP contribution >= 0.6 is 0 Å². The lowest BCUT2D eigenvalue weighted by atomic mass is 9.82. The van der Waals surface area contributed by atoms with Gasteiger partial charge in [0.2, 0.25) is 5.95 Å². The summed E-state index contributed by atoms with van der Waals surface area (Å²) in [6.07, 6.45) is 3.53. The highest BCUT2D eigenvalue weighted by molar-refractivity contribution is 5.79. The van der Waals surface area contributed by atoms with Gasteiger partial charge in [0.25, 0.3) is 0 Å². The molecule has 1 aliphatic carbocycles. The van der Waals surface area contributed by atoms with Gasteiger partial charge in [0, 0.05) is 36.8 Å². The number of aromatic nitrogens is 5. The molecule has 3 aromatic rings. The minimum Gasteiger partial charge on any atom is -0.481 e. The molecule has 7 nitrogen and oxygen atoms in total. The van der Waals surface area contributed by atoms with Crippen molar-refractivity contribution >= 4 is 11.6 Å². The van der Waals surface area contributed by atoms with Gasteiger partial charge in [-0.2, -0.15) is 9.49 Å². The molecule has 23 heavy (non-hydrogen) atoms. The Morgan fingerprint density at radius 2 is 2.30 bits per heavy atom. The van der Waals surface area contributed by atoms with E-state index in [0.29, 0.717) is 23.3 Å². The highest BCUT2D eigenvalue weighted by Gasteiger charge is 2.48. The summed E-state index contributed by atoms with van der Waals surface area (Å²) in [6, 6.07) is 3.08. The van der Waals surface area contributed by atoms with E-state index in [2.05, 4.69) is 15.2 Å². The summed E-state index contributed by atoms with van der Waals surface area (Å²) in [5.74, 6) is -2.28. The van der Waals surface area contributed by atoms with Gasteiger partial charge in [-0.05, 0) is 19.4 Å². The standard InChI is InChI=1S/C15H14FN5O2/c1-15(10-3-4-18-20(10)2)6-8(14(22)23)9-7-17-12-5-11(16)19-21(12)13(9)15/h3-5,7-8H,6H2,1-2H3,(H,22,23). The molecular weight excluding hydrogens is 301 g/mol.